The fourth-order valence-electron chi connectivity index (χ4n) is 1.15. The van der Waals surface area contributed by atoms with Crippen molar-refractivity contribution in [1.29, 1.82) is 0 Å². The van der Waals surface area contributed by atoms with Crippen molar-refractivity contribution < 1.29 is 20.4 Å². The van der Waals surface area contributed by atoms with Crippen molar-refractivity contribution in [3.63, 3.8) is 0 Å². The highest BCUT2D eigenvalue weighted by atomic mass is 16.3. The molecule has 0 bridgehead atoms. The molecule has 0 aliphatic carbocycles. The van der Waals surface area contributed by atoms with Crippen LogP contribution in [0.1, 0.15) is 26.7 Å². The van der Waals surface area contributed by atoms with Crippen LogP contribution in [0.3, 0.4) is 0 Å². The zero-order chi connectivity index (χ0) is 11.1. The summed E-state index contributed by atoms with van der Waals surface area (Å²) >= 11 is 0. The number of hydrogen-bond donors (Lipinski definition) is 4. The van der Waals surface area contributed by atoms with Crippen LogP contribution in [-0.2, 0) is 0 Å². The molecule has 2 unspecified atom stereocenters. The minimum atomic E-state index is -0.583. The molecule has 0 aromatic rings. The van der Waals surface area contributed by atoms with Crippen molar-refractivity contribution in [2.45, 2.75) is 38.9 Å². The second-order valence-corrected chi connectivity index (χ2v) is 4.03. The molecule has 0 amide bonds. The van der Waals surface area contributed by atoms with Gasteiger partial charge in [-0.2, -0.15) is 0 Å². The standard InChI is InChI=1S/C10H22O4/c1-7(5-11)9(13)3-4-10(14)8(2)6-12/h7-14H,3-6H2,1-2H3/t7?,8?,9-,10-/m0/s1. The fraction of sp³-hybridized carbons (Fsp3) is 1.00. The molecule has 0 aliphatic rings. The largest absolute Gasteiger partial charge is 0.396 e. The van der Waals surface area contributed by atoms with Gasteiger partial charge in [-0.3, -0.25) is 0 Å². The molecule has 0 saturated heterocycles. The average molecular weight is 206 g/mol. The number of rotatable bonds is 7. The summed E-state index contributed by atoms with van der Waals surface area (Å²) in [6.07, 6.45) is -0.262. The van der Waals surface area contributed by atoms with Gasteiger partial charge in [-0.1, -0.05) is 13.8 Å². The molecule has 4 N–H and O–H groups in total. The van der Waals surface area contributed by atoms with Crippen molar-refractivity contribution in [2.75, 3.05) is 13.2 Å². The van der Waals surface area contributed by atoms with E-state index in [0.29, 0.717) is 12.8 Å². The van der Waals surface area contributed by atoms with E-state index in [1.165, 1.54) is 0 Å². The van der Waals surface area contributed by atoms with Crippen molar-refractivity contribution in [2.24, 2.45) is 11.8 Å². The highest BCUT2D eigenvalue weighted by molar-refractivity contribution is 4.69. The highest BCUT2D eigenvalue weighted by Crippen LogP contribution is 2.14. The van der Waals surface area contributed by atoms with Gasteiger partial charge in [-0.25, -0.2) is 0 Å². The molecule has 0 aliphatic heterocycles. The molecule has 4 nitrogen and oxygen atoms in total. The van der Waals surface area contributed by atoms with E-state index >= 15 is 0 Å². The summed E-state index contributed by atoms with van der Waals surface area (Å²) in [6.45, 7) is 3.42. The summed E-state index contributed by atoms with van der Waals surface area (Å²) in [5, 5.41) is 36.5. The van der Waals surface area contributed by atoms with Crippen LogP contribution in [0, 0.1) is 11.8 Å². The van der Waals surface area contributed by atoms with E-state index < -0.39 is 12.2 Å². The maximum Gasteiger partial charge on any atom is 0.0588 e. The Morgan fingerprint density at radius 2 is 1.07 bits per heavy atom. The van der Waals surface area contributed by atoms with Crippen LogP contribution in [0.5, 0.6) is 0 Å². The molecular formula is C10H22O4. The van der Waals surface area contributed by atoms with Crippen molar-refractivity contribution in [3.05, 3.63) is 0 Å². The third-order valence-electron chi connectivity index (χ3n) is 2.65. The van der Waals surface area contributed by atoms with Gasteiger partial charge < -0.3 is 20.4 Å². The first-order valence-corrected chi connectivity index (χ1v) is 5.10. The molecule has 0 rings (SSSR count). The lowest BCUT2D eigenvalue weighted by atomic mass is 9.95. The van der Waals surface area contributed by atoms with Crippen LogP contribution in [0.25, 0.3) is 0 Å². The van der Waals surface area contributed by atoms with Crippen LogP contribution in [0.4, 0.5) is 0 Å². The van der Waals surface area contributed by atoms with E-state index in [1.807, 2.05) is 0 Å². The van der Waals surface area contributed by atoms with E-state index in [4.69, 9.17) is 10.2 Å². The first-order chi connectivity index (χ1) is 6.52. The van der Waals surface area contributed by atoms with Gasteiger partial charge in [-0.15, -0.1) is 0 Å². The molecule has 86 valence electrons. The number of aliphatic hydroxyl groups is 4. The molecule has 0 aromatic heterocycles. The van der Waals surface area contributed by atoms with Gasteiger partial charge in [0.2, 0.25) is 0 Å². The van der Waals surface area contributed by atoms with Crippen LogP contribution < -0.4 is 0 Å². The Bertz CT molecular complexity index is 124. The number of hydrogen-bond acceptors (Lipinski definition) is 4. The summed E-state index contributed by atoms with van der Waals surface area (Å²) in [5.74, 6) is -0.321. The fourth-order valence-corrected chi connectivity index (χ4v) is 1.15. The smallest absolute Gasteiger partial charge is 0.0588 e. The molecular weight excluding hydrogens is 184 g/mol. The van der Waals surface area contributed by atoms with Gasteiger partial charge >= 0.3 is 0 Å². The van der Waals surface area contributed by atoms with Gasteiger partial charge in [0.25, 0.3) is 0 Å². The maximum absolute atomic E-state index is 9.49. The lowest BCUT2D eigenvalue weighted by molar-refractivity contribution is 0.0312. The van der Waals surface area contributed by atoms with Gasteiger partial charge in [0.15, 0.2) is 0 Å². The summed E-state index contributed by atoms with van der Waals surface area (Å²) in [4.78, 5) is 0. The Hall–Kier alpha value is -0.160. The van der Waals surface area contributed by atoms with E-state index in [-0.39, 0.29) is 25.0 Å². The predicted octanol–water partition coefficient (Wildman–Crippen LogP) is -0.255. The maximum atomic E-state index is 9.49. The van der Waals surface area contributed by atoms with Crippen molar-refractivity contribution in [3.8, 4) is 0 Å². The van der Waals surface area contributed by atoms with E-state index in [1.54, 1.807) is 13.8 Å². The van der Waals surface area contributed by atoms with Gasteiger partial charge in [0, 0.05) is 25.0 Å². The quantitative estimate of drug-likeness (QED) is 0.463. The summed E-state index contributed by atoms with van der Waals surface area (Å²) < 4.78 is 0. The van der Waals surface area contributed by atoms with Gasteiger partial charge in [0.1, 0.15) is 0 Å². The predicted molar refractivity (Wildman–Crippen MR) is 53.7 cm³/mol. The molecule has 0 spiro atoms. The summed E-state index contributed by atoms with van der Waals surface area (Å²) in [7, 11) is 0. The minimum absolute atomic E-state index is 0.0488. The molecule has 0 fully saturated rings. The summed E-state index contributed by atoms with van der Waals surface area (Å²) in [5.41, 5.74) is 0. The topological polar surface area (TPSA) is 80.9 Å². The van der Waals surface area contributed by atoms with Crippen molar-refractivity contribution in [1.82, 2.24) is 0 Å². The Kier molecular flexibility index (Phi) is 7.09. The lowest BCUT2D eigenvalue weighted by Crippen LogP contribution is -2.26. The molecule has 0 saturated carbocycles. The molecule has 4 heteroatoms. The first kappa shape index (κ1) is 13.8. The Morgan fingerprint density at radius 1 is 0.786 bits per heavy atom. The minimum Gasteiger partial charge on any atom is -0.396 e. The SMILES string of the molecule is CC(CO)[C@@H](O)CC[C@H](O)C(C)CO. The summed E-state index contributed by atoms with van der Waals surface area (Å²) in [6, 6.07) is 0. The van der Waals surface area contributed by atoms with Gasteiger partial charge in [-0.05, 0) is 12.8 Å². The molecule has 14 heavy (non-hydrogen) atoms. The van der Waals surface area contributed by atoms with Crippen molar-refractivity contribution >= 4 is 0 Å². The molecule has 0 radical (unpaired) electrons. The molecule has 0 aromatic carbocycles. The van der Waals surface area contributed by atoms with Gasteiger partial charge in [0.05, 0.1) is 12.2 Å². The normalized spacial score (nSPS) is 20.1. The zero-order valence-corrected chi connectivity index (χ0v) is 8.93. The highest BCUT2D eigenvalue weighted by Gasteiger charge is 2.18. The molecule has 0 heterocycles. The second-order valence-electron chi connectivity index (χ2n) is 4.03. The van der Waals surface area contributed by atoms with E-state index in [2.05, 4.69) is 0 Å². The second kappa shape index (κ2) is 7.17. The first-order valence-electron chi connectivity index (χ1n) is 5.10. The Labute approximate surface area is 85.2 Å². The van der Waals surface area contributed by atoms with E-state index in [9.17, 15) is 10.2 Å². The van der Waals surface area contributed by atoms with Crippen LogP contribution in [0.15, 0.2) is 0 Å². The van der Waals surface area contributed by atoms with Crippen LogP contribution in [0.2, 0.25) is 0 Å². The Morgan fingerprint density at radius 3 is 1.29 bits per heavy atom. The molecule has 4 atom stereocenters. The van der Waals surface area contributed by atoms with Crippen LogP contribution in [-0.4, -0.2) is 45.8 Å². The number of aliphatic hydroxyl groups excluding tert-OH is 4. The third-order valence-corrected chi connectivity index (χ3v) is 2.65. The zero-order valence-electron chi connectivity index (χ0n) is 8.93. The van der Waals surface area contributed by atoms with E-state index in [0.717, 1.165) is 0 Å². The lowest BCUT2D eigenvalue weighted by Gasteiger charge is -2.20. The van der Waals surface area contributed by atoms with Crippen LogP contribution >= 0.6 is 0 Å². The monoisotopic (exact) mass is 206 g/mol. The third kappa shape index (κ3) is 4.91. The average Bonchev–Trinajstić information content (AvgIpc) is 2.22. The Balaban J connectivity index is 3.70.